The quantitative estimate of drug-likeness (QED) is 0.870. The number of rotatable bonds is 3. The fourth-order valence-corrected chi connectivity index (χ4v) is 4.58. The highest BCUT2D eigenvalue weighted by molar-refractivity contribution is 8.00. The van der Waals surface area contributed by atoms with Crippen molar-refractivity contribution in [3.8, 4) is 0 Å². The summed E-state index contributed by atoms with van der Waals surface area (Å²) >= 11 is 1.89. The number of carboxylic acids is 1. The van der Waals surface area contributed by atoms with E-state index in [0.717, 1.165) is 25.1 Å². The molecular formula is C15H25NO3S. The van der Waals surface area contributed by atoms with Gasteiger partial charge in [0.2, 0.25) is 5.91 Å². The summed E-state index contributed by atoms with van der Waals surface area (Å²) in [6, 6.07) is 0.205. The van der Waals surface area contributed by atoms with Crippen LogP contribution >= 0.6 is 11.8 Å². The highest BCUT2D eigenvalue weighted by Crippen LogP contribution is 2.40. The van der Waals surface area contributed by atoms with Crippen molar-refractivity contribution in [2.45, 2.75) is 51.3 Å². The fraction of sp³-hybridized carbons (Fsp3) is 0.867. The molecule has 0 radical (unpaired) electrons. The van der Waals surface area contributed by atoms with Crippen molar-refractivity contribution < 1.29 is 14.7 Å². The van der Waals surface area contributed by atoms with Crippen molar-refractivity contribution in [2.24, 2.45) is 17.8 Å². The van der Waals surface area contributed by atoms with Crippen molar-refractivity contribution in [3.05, 3.63) is 0 Å². The van der Waals surface area contributed by atoms with Gasteiger partial charge in [-0.3, -0.25) is 9.59 Å². The van der Waals surface area contributed by atoms with E-state index in [1.165, 1.54) is 0 Å². The van der Waals surface area contributed by atoms with Gasteiger partial charge in [0, 0.05) is 23.6 Å². The lowest BCUT2D eigenvalue weighted by Crippen LogP contribution is -2.51. The Morgan fingerprint density at radius 2 is 1.90 bits per heavy atom. The molecule has 2 aliphatic rings. The Hall–Kier alpha value is -0.710. The van der Waals surface area contributed by atoms with E-state index in [1.54, 1.807) is 0 Å². The highest BCUT2D eigenvalue weighted by atomic mass is 32.2. The first kappa shape index (κ1) is 15.7. The number of carboxylic acid groups (broad SMARTS) is 1. The van der Waals surface area contributed by atoms with Crippen molar-refractivity contribution >= 4 is 23.6 Å². The third-order valence-corrected chi connectivity index (χ3v) is 6.38. The normalized spacial score (nSPS) is 38.0. The van der Waals surface area contributed by atoms with Crippen LogP contribution in [0.2, 0.25) is 0 Å². The third-order valence-electron chi connectivity index (χ3n) is 5.04. The molecule has 0 bridgehead atoms. The van der Waals surface area contributed by atoms with Gasteiger partial charge in [0.05, 0.1) is 11.8 Å². The van der Waals surface area contributed by atoms with Crippen LogP contribution < -0.4 is 0 Å². The maximum absolute atomic E-state index is 12.8. The Balaban J connectivity index is 2.12. The first-order chi connectivity index (χ1) is 9.45. The molecular weight excluding hydrogens is 274 g/mol. The molecule has 5 heteroatoms. The lowest BCUT2D eigenvalue weighted by molar-refractivity contribution is -0.149. The minimum Gasteiger partial charge on any atom is -0.481 e. The van der Waals surface area contributed by atoms with Crippen LogP contribution in [0, 0.1) is 17.8 Å². The molecule has 0 aromatic heterocycles. The second kappa shape index (κ2) is 6.37. The Kier molecular flexibility index (Phi) is 4.99. The molecule has 1 aliphatic heterocycles. The summed E-state index contributed by atoms with van der Waals surface area (Å²) in [6.45, 7) is 7.07. The van der Waals surface area contributed by atoms with E-state index in [4.69, 9.17) is 0 Å². The van der Waals surface area contributed by atoms with Gasteiger partial charge in [0.15, 0.2) is 0 Å². The lowest BCUT2D eigenvalue weighted by Gasteiger charge is -2.39. The smallest absolute Gasteiger partial charge is 0.307 e. The zero-order valence-corrected chi connectivity index (χ0v) is 13.4. The van der Waals surface area contributed by atoms with Crippen LogP contribution in [0.25, 0.3) is 0 Å². The number of carbonyl (C=O) groups excluding carboxylic acids is 1. The largest absolute Gasteiger partial charge is 0.481 e. The summed E-state index contributed by atoms with van der Waals surface area (Å²) in [5.74, 6) is -0.171. The predicted molar refractivity (Wildman–Crippen MR) is 80.7 cm³/mol. The third kappa shape index (κ3) is 2.97. The summed E-state index contributed by atoms with van der Waals surface area (Å²) in [4.78, 5) is 26.1. The van der Waals surface area contributed by atoms with Gasteiger partial charge in [-0.05, 0) is 25.7 Å². The van der Waals surface area contributed by atoms with Crippen LogP contribution in [0.15, 0.2) is 0 Å². The second-order valence-electron chi connectivity index (χ2n) is 6.15. The molecule has 2 fully saturated rings. The summed E-state index contributed by atoms with van der Waals surface area (Å²) in [5, 5.41) is 9.82. The van der Waals surface area contributed by atoms with Gasteiger partial charge in [-0.2, -0.15) is 11.8 Å². The van der Waals surface area contributed by atoms with Gasteiger partial charge >= 0.3 is 5.97 Å². The summed E-state index contributed by atoms with van der Waals surface area (Å²) in [7, 11) is 0. The van der Waals surface area contributed by atoms with Gasteiger partial charge in [-0.25, -0.2) is 0 Å². The van der Waals surface area contributed by atoms with Crippen LogP contribution in [0.3, 0.4) is 0 Å². The minimum atomic E-state index is -0.800. The number of hydrogen-bond donors (Lipinski definition) is 1. The second-order valence-corrected chi connectivity index (χ2v) is 7.63. The molecule has 1 heterocycles. The monoisotopic (exact) mass is 299 g/mol. The molecule has 0 aromatic rings. The number of amides is 1. The van der Waals surface area contributed by atoms with E-state index < -0.39 is 11.9 Å². The molecule has 114 valence electrons. The molecule has 1 N–H and O–H groups in total. The van der Waals surface area contributed by atoms with Gasteiger partial charge in [-0.15, -0.1) is 0 Å². The highest BCUT2D eigenvalue weighted by Gasteiger charge is 2.45. The first-order valence-electron chi connectivity index (χ1n) is 7.60. The van der Waals surface area contributed by atoms with Gasteiger partial charge in [0.25, 0.3) is 0 Å². The number of nitrogens with zero attached hydrogens (tertiary/aromatic N) is 1. The topological polar surface area (TPSA) is 57.6 Å². The van der Waals surface area contributed by atoms with Gasteiger partial charge in [0.1, 0.15) is 0 Å². The zero-order chi connectivity index (χ0) is 14.9. The van der Waals surface area contributed by atoms with Gasteiger partial charge < -0.3 is 10.0 Å². The minimum absolute atomic E-state index is 0.0769. The van der Waals surface area contributed by atoms with Crippen molar-refractivity contribution in [1.29, 1.82) is 0 Å². The van der Waals surface area contributed by atoms with E-state index in [9.17, 15) is 14.7 Å². The molecule has 1 amide bonds. The van der Waals surface area contributed by atoms with Gasteiger partial charge in [-0.1, -0.05) is 20.3 Å². The van der Waals surface area contributed by atoms with E-state index in [1.807, 2.05) is 16.7 Å². The maximum Gasteiger partial charge on any atom is 0.307 e. The van der Waals surface area contributed by atoms with E-state index in [2.05, 4.69) is 20.8 Å². The number of carbonyl (C=O) groups is 2. The Morgan fingerprint density at radius 1 is 1.25 bits per heavy atom. The lowest BCUT2D eigenvalue weighted by atomic mass is 9.94. The fourth-order valence-electron chi connectivity index (χ4n) is 3.48. The Morgan fingerprint density at radius 3 is 2.50 bits per heavy atom. The molecule has 1 aliphatic carbocycles. The van der Waals surface area contributed by atoms with E-state index in [-0.39, 0.29) is 17.9 Å². The SMILES string of the molecule is CCC1C[C@H](C(=O)N2CCSC(C)C2C)[C@H](C(=O)O)C1. The standard InChI is InChI=1S/C15H25NO3S/c1-4-11-7-12(13(8-11)15(18)19)14(17)16-5-6-20-10(3)9(16)2/h9-13H,4-8H2,1-3H3,(H,18,19)/t9?,10?,11?,12-,13+/m0/s1. The number of aliphatic carboxylic acids is 1. The summed E-state index contributed by atoms with van der Waals surface area (Å²) < 4.78 is 0. The first-order valence-corrected chi connectivity index (χ1v) is 8.65. The number of hydrogen-bond acceptors (Lipinski definition) is 3. The molecule has 4 nitrogen and oxygen atoms in total. The molecule has 1 saturated heterocycles. The molecule has 5 atom stereocenters. The van der Waals surface area contributed by atoms with Crippen LogP contribution in [0.5, 0.6) is 0 Å². The average molecular weight is 299 g/mol. The van der Waals surface area contributed by atoms with E-state index in [0.29, 0.717) is 17.6 Å². The maximum atomic E-state index is 12.8. The van der Waals surface area contributed by atoms with E-state index >= 15 is 0 Å². The summed E-state index contributed by atoms with van der Waals surface area (Å²) in [6.07, 6.45) is 2.38. The van der Waals surface area contributed by atoms with Crippen LogP contribution in [0.1, 0.15) is 40.0 Å². The molecule has 2 rings (SSSR count). The zero-order valence-electron chi connectivity index (χ0n) is 12.5. The molecule has 20 heavy (non-hydrogen) atoms. The molecule has 0 spiro atoms. The number of thioether (sulfide) groups is 1. The Bertz CT molecular complexity index is 387. The molecule has 1 saturated carbocycles. The molecule has 0 aromatic carbocycles. The van der Waals surface area contributed by atoms with Crippen LogP contribution in [0.4, 0.5) is 0 Å². The summed E-state index contributed by atoms with van der Waals surface area (Å²) in [5.41, 5.74) is 0. The predicted octanol–water partition coefficient (Wildman–Crippen LogP) is 2.48. The molecule has 3 unspecified atom stereocenters. The van der Waals surface area contributed by atoms with Crippen molar-refractivity contribution in [2.75, 3.05) is 12.3 Å². The Labute approximate surface area is 125 Å². The van der Waals surface area contributed by atoms with Crippen molar-refractivity contribution in [3.63, 3.8) is 0 Å². The van der Waals surface area contributed by atoms with Crippen molar-refractivity contribution in [1.82, 2.24) is 4.90 Å². The average Bonchev–Trinajstić information content (AvgIpc) is 2.85. The van der Waals surface area contributed by atoms with Crippen LogP contribution in [-0.2, 0) is 9.59 Å². The van der Waals surface area contributed by atoms with Crippen LogP contribution in [-0.4, -0.2) is 45.5 Å².